The van der Waals surface area contributed by atoms with Crippen molar-refractivity contribution in [1.82, 2.24) is 4.90 Å². The van der Waals surface area contributed by atoms with Gasteiger partial charge in [-0.2, -0.15) is 24.9 Å². The highest BCUT2D eigenvalue weighted by Gasteiger charge is 2.30. The largest absolute Gasteiger partial charge is 0.454 e. The number of thioether (sulfide) groups is 1. The summed E-state index contributed by atoms with van der Waals surface area (Å²) in [5.74, 6) is 2.25. The molecule has 1 amide bonds. The number of rotatable bonds is 3. The fourth-order valence-electron chi connectivity index (χ4n) is 3.50. The molecule has 2 aliphatic rings. The molecule has 0 saturated carbocycles. The van der Waals surface area contributed by atoms with Crippen molar-refractivity contribution in [3.63, 3.8) is 0 Å². The zero-order valence-corrected chi connectivity index (χ0v) is 16.4. The van der Waals surface area contributed by atoms with E-state index < -0.39 is 11.7 Å². The number of halogens is 3. The molecule has 0 spiro atoms. The zero-order chi connectivity index (χ0) is 20.4. The van der Waals surface area contributed by atoms with Crippen molar-refractivity contribution in [3.8, 4) is 11.5 Å². The topological polar surface area (TPSA) is 38.8 Å². The molecule has 1 saturated heterocycles. The Bertz CT molecular complexity index is 886. The van der Waals surface area contributed by atoms with Gasteiger partial charge in [0.25, 0.3) is 0 Å². The lowest BCUT2D eigenvalue weighted by Crippen LogP contribution is -2.34. The molecule has 4 rings (SSSR count). The Morgan fingerprint density at radius 3 is 2.59 bits per heavy atom. The van der Waals surface area contributed by atoms with Gasteiger partial charge in [0.05, 0.1) is 12.0 Å². The number of alkyl halides is 3. The van der Waals surface area contributed by atoms with Gasteiger partial charge in [-0.15, -0.1) is 0 Å². The Morgan fingerprint density at radius 1 is 1.07 bits per heavy atom. The van der Waals surface area contributed by atoms with Gasteiger partial charge in [0.15, 0.2) is 11.5 Å². The number of ether oxygens (including phenoxy) is 2. The SMILES string of the molecule is O=C(Cc1ccc(C(F)(F)F)cc1)N1CCSC(c2ccc3c(c2)OCO3)CC1. The lowest BCUT2D eigenvalue weighted by molar-refractivity contribution is -0.137. The van der Waals surface area contributed by atoms with Crippen LogP contribution in [0.25, 0.3) is 0 Å². The minimum absolute atomic E-state index is 0.0586. The van der Waals surface area contributed by atoms with Gasteiger partial charge >= 0.3 is 6.18 Å². The van der Waals surface area contributed by atoms with E-state index in [0.717, 1.165) is 41.4 Å². The second kappa shape index (κ2) is 8.18. The maximum Gasteiger partial charge on any atom is 0.416 e. The highest BCUT2D eigenvalue weighted by Crippen LogP contribution is 2.40. The number of benzene rings is 2. The third-order valence-corrected chi connectivity index (χ3v) is 6.43. The van der Waals surface area contributed by atoms with Crippen LogP contribution in [0.15, 0.2) is 42.5 Å². The van der Waals surface area contributed by atoms with Gasteiger partial charge in [-0.3, -0.25) is 4.79 Å². The van der Waals surface area contributed by atoms with E-state index in [1.54, 1.807) is 16.7 Å². The number of hydrogen-bond acceptors (Lipinski definition) is 4. The Kier molecular flexibility index (Phi) is 5.63. The van der Waals surface area contributed by atoms with Crippen molar-refractivity contribution in [2.75, 3.05) is 25.6 Å². The van der Waals surface area contributed by atoms with E-state index in [2.05, 4.69) is 0 Å². The first-order valence-corrected chi connectivity index (χ1v) is 10.4. The van der Waals surface area contributed by atoms with Crippen LogP contribution in [-0.4, -0.2) is 36.4 Å². The summed E-state index contributed by atoms with van der Waals surface area (Å²) in [6, 6.07) is 10.7. The van der Waals surface area contributed by atoms with Crippen LogP contribution in [-0.2, 0) is 17.4 Å². The van der Waals surface area contributed by atoms with E-state index in [4.69, 9.17) is 9.47 Å². The molecule has 29 heavy (non-hydrogen) atoms. The van der Waals surface area contributed by atoms with Gasteiger partial charge < -0.3 is 14.4 Å². The molecule has 2 aliphatic heterocycles. The summed E-state index contributed by atoms with van der Waals surface area (Å²) in [5.41, 5.74) is 1.04. The van der Waals surface area contributed by atoms with Crippen LogP contribution < -0.4 is 9.47 Å². The second-order valence-electron chi connectivity index (χ2n) is 7.01. The fraction of sp³-hybridized carbons (Fsp3) is 0.381. The summed E-state index contributed by atoms with van der Waals surface area (Å²) in [5, 5.41) is 0.258. The van der Waals surface area contributed by atoms with E-state index >= 15 is 0 Å². The molecule has 1 unspecified atom stereocenters. The molecule has 1 fully saturated rings. The van der Waals surface area contributed by atoms with Gasteiger partial charge in [0, 0.05) is 24.1 Å². The molecule has 0 aliphatic carbocycles. The van der Waals surface area contributed by atoms with Crippen molar-refractivity contribution in [1.29, 1.82) is 0 Å². The monoisotopic (exact) mass is 423 g/mol. The van der Waals surface area contributed by atoms with E-state index in [1.807, 2.05) is 18.2 Å². The van der Waals surface area contributed by atoms with E-state index in [-0.39, 0.29) is 24.4 Å². The smallest absolute Gasteiger partial charge is 0.416 e. The van der Waals surface area contributed by atoms with E-state index in [1.165, 1.54) is 12.1 Å². The summed E-state index contributed by atoms with van der Waals surface area (Å²) in [4.78, 5) is 14.5. The first-order chi connectivity index (χ1) is 13.9. The number of amides is 1. The molecule has 0 bridgehead atoms. The fourth-order valence-corrected chi connectivity index (χ4v) is 4.72. The summed E-state index contributed by atoms with van der Waals surface area (Å²) >= 11 is 1.80. The molecule has 154 valence electrons. The lowest BCUT2D eigenvalue weighted by Gasteiger charge is -2.20. The van der Waals surface area contributed by atoms with Gasteiger partial charge in [-0.05, 0) is 41.8 Å². The molecule has 2 aromatic carbocycles. The van der Waals surface area contributed by atoms with Crippen molar-refractivity contribution >= 4 is 17.7 Å². The van der Waals surface area contributed by atoms with Gasteiger partial charge in [-0.1, -0.05) is 18.2 Å². The number of carbonyl (C=O) groups is 1. The molecular formula is C21H20F3NO3S. The minimum Gasteiger partial charge on any atom is -0.454 e. The number of carbonyl (C=O) groups excluding carboxylic acids is 1. The van der Waals surface area contributed by atoms with Gasteiger partial charge in [0.1, 0.15) is 0 Å². The third kappa shape index (κ3) is 4.63. The van der Waals surface area contributed by atoms with Crippen LogP contribution in [0.3, 0.4) is 0 Å². The summed E-state index contributed by atoms with van der Waals surface area (Å²) in [7, 11) is 0. The quantitative estimate of drug-likeness (QED) is 0.719. The number of fused-ring (bicyclic) bond motifs is 1. The van der Waals surface area contributed by atoms with Gasteiger partial charge in [-0.25, -0.2) is 0 Å². The normalized spacial score (nSPS) is 19.1. The molecule has 0 radical (unpaired) electrons. The standard InChI is InChI=1S/C21H20F3NO3S/c22-21(23,24)16-4-1-14(2-5-16)11-20(26)25-8-7-19(29-10-9-25)15-3-6-17-18(12-15)28-13-27-17/h1-6,12,19H,7-11,13H2. The molecular weight excluding hydrogens is 403 g/mol. The summed E-state index contributed by atoms with van der Waals surface area (Å²) in [6.45, 7) is 1.49. The van der Waals surface area contributed by atoms with Crippen LogP contribution in [0.1, 0.15) is 28.4 Å². The van der Waals surface area contributed by atoms with Crippen LogP contribution >= 0.6 is 11.8 Å². The van der Waals surface area contributed by atoms with Crippen LogP contribution in [0.4, 0.5) is 13.2 Å². The van der Waals surface area contributed by atoms with Crippen LogP contribution in [0, 0.1) is 0 Å². The van der Waals surface area contributed by atoms with Crippen molar-refractivity contribution in [2.45, 2.75) is 24.3 Å². The highest BCUT2D eigenvalue weighted by atomic mass is 32.2. The second-order valence-corrected chi connectivity index (χ2v) is 8.32. The van der Waals surface area contributed by atoms with Crippen LogP contribution in [0.5, 0.6) is 11.5 Å². The molecule has 2 heterocycles. The molecule has 8 heteroatoms. The Labute approximate surface area is 171 Å². The number of nitrogens with zero attached hydrogens (tertiary/aromatic N) is 1. The molecule has 4 nitrogen and oxygen atoms in total. The predicted octanol–water partition coefficient (Wildman–Crippen LogP) is 4.68. The maximum absolute atomic E-state index is 12.7. The first-order valence-electron chi connectivity index (χ1n) is 9.35. The Hall–Kier alpha value is -2.35. The summed E-state index contributed by atoms with van der Waals surface area (Å²) < 4.78 is 48.8. The third-order valence-electron chi connectivity index (χ3n) is 5.10. The predicted molar refractivity (Wildman–Crippen MR) is 104 cm³/mol. The molecule has 0 aromatic heterocycles. The zero-order valence-electron chi connectivity index (χ0n) is 15.6. The highest BCUT2D eigenvalue weighted by molar-refractivity contribution is 7.99. The average Bonchev–Trinajstić information content (AvgIpc) is 3.02. The van der Waals surface area contributed by atoms with Crippen LogP contribution in [0.2, 0.25) is 0 Å². The first kappa shape index (κ1) is 19.9. The minimum atomic E-state index is -4.37. The molecule has 0 N–H and O–H groups in total. The van der Waals surface area contributed by atoms with Gasteiger partial charge in [0.2, 0.25) is 12.7 Å². The Balaban J connectivity index is 1.36. The van der Waals surface area contributed by atoms with E-state index in [0.29, 0.717) is 18.7 Å². The van der Waals surface area contributed by atoms with Crippen molar-refractivity contribution in [3.05, 3.63) is 59.2 Å². The maximum atomic E-state index is 12.7. The van der Waals surface area contributed by atoms with Crippen molar-refractivity contribution < 1.29 is 27.4 Å². The average molecular weight is 423 g/mol. The Morgan fingerprint density at radius 2 is 1.83 bits per heavy atom. The molecule has 1 atom stereocenters. The lowest BCUT2D eigenvalue weighted by atomic mass is 10.1. The summed E-state index contributed by atoms with van der Waals surface area (Å²) in [6.07, 6.45) is -3.45. The van der Waals surface area contributed by atoms with Crippen molar-refractivity contribution in [2.24, 2.45) is 0 Å². The number of hydrogen-bond donors (Lipinski definition) is 0. The molecule has 2 aromatic rings. The van der Waals surface area contributed by atoms with E-state index in [9.17, 15) is 18.0 Å².